The molecule has 3 rings (SSSR count). The van der Waals surface area contributed by atoms with Crippen LogP contribution < -0.4 is 4.90 Å². The molecule has 0 unspecified atom stereocenters. The Morgan fingerprint density at radius 1 is 1.04 bits per heavy atom. The molecule has 0 radical (unpaired) electrons. The van der Waals surface area contributed by atoms with E-state index < -0.39 is 0 Å². The summed E-state index contributed by atoms with van der Waals surface area (Å²) in [5.41, 5.74) is 1.83. The maximum Gasteiger partial charge on any atom is 0.325 e. The first-order valence-corrected chi connectivity index (χ1v) is 8.44. The van der Waals surface area contributed by atoms with E-state index in [1.165, 1.54) is 0 Å². The van der Waals surface area contributed by atoms with E-state index in [9.17, 15) is 4.79 Å². The summed E-state index contributed by atoms with van der Waals surface area (Å²) < 4.78 is 0. The van der Waals surface area contributed by atoms with E-state index >= 15 is 0 Å². The number of anilines is 1. The van der Waals surface area contributed by atoms with Gasteiger partial charge in [0.2, 0.25) is 0 Å². The summed E-state index contributed by atoms with van der Waals surface area (Å²) in [5.74, 6) is 6.89. The van der Waals surface area contributed by atoms with Crippen LogP contribution in [0.4, 0.5) is 10.6 Å². The van der Waals surface area contributed by atoms with E-state index in [1.54, 1.807) is 11.1 Å². The highest BCUT2D eigenvalue weighted by Gasteiger charge is 2.42. The number of amides is 2. The number of pyridine rings is 1. The Morgan fingerprint density at radius 3 is 2.28 bits per heavy atom. The smallest absolute Gasteiger partial charge is 0.322 e. The van der Waals surface area contributed by atoms with E-state index in [0.29, 0.717) is 12.4 Å². The van der Waals surface area contributed by atoms with Crippen LogP contribution in [0.15, 0.2) is 48.7 Å². The first-order chi connectivity index (χ1) is 11.9. The van der Waals surface area contributed by atoms with Crippen molar-refractivity contribution in [1.29, 1.82) is 0 Å². The van der Waals surface area contributed by atoms with Crippen molar-refractivity contribution >= 4 is 11.8 Å². The number of carbonyl (C=O) groups excluding carboxylic acids is 1. The minimum Gasteiger partial charge on any atom is -0.322 e. The summed E-state index contributed by atoms with van der Waals surface area (Å²) in [4.78, 5) is 20.5. The SMILES string of the molecule is CN1C(=O)N(c2ccc(C#Cc3ccccc3)cn2)C[C@@H]1C(C)(C)C. The zero-order chi connectivity index (χ0) is 18.0. The number of hydrogen-bond acceptors (Lipinski definition) is 2. The molecule has 1 saturated heterocycles. The highest BCUT2D eigenvalue weighted by Crippen LogP contribution is 2.31. The molecule has 1 aliphatic rings. The van der Waals surface area contributed by atoms with Crippen LogP contribution in [0.1, 0.15) is 31.9 Å². The third kappa shape index (κ3) is 3.66. The van der Waals surface area contributed by atoms with E-state index in [2.05, 4.69) is 37.6 Å². The molecule has 4 heteroatoms. The maximum absolute atomic E-state index is 12.5. The molecule has 0 saturated carbocycles. The number of carbonyl (C=O) groups is 1. The van der Waals surface area contributed by atoms with Crippen LogP contribution in [-0.2, 0) is 0 Å². The highest BCUT2D eigenvalue weighted by atomic mass is 16.2. The Bertz CT molecular complexity index is 810. The molecule has 1 aromatic carbocycles. The Balaban J connectivity index is 1.77. The number of aromatic nitrogens is 1. The summed E-state index contributed by atoms with van der Waals surface area (Å²) >= 11 is 0. The van der Waals surface area contributed by atoms with Crippen molar-refractivity contribution in [2.45, 2.75) is 26.8 Å². The Kier molecular flexibility index (Phi) is 4.50. The average Bonchev–Trinajstić information content (AvgIpc) is 2.90. The molecule has 2 heterocycles. The van der Waals surface area contributed by atoms with Gasteiger partial charge in [0, 0.05) is 24.4 Å². The fourth-order valence-electron chi connectivity index (χ4n) is 3.03. The molecule has 25 heavy (non-hydrogen) atoms. The van der Waals surface area contributed by atoms with Crippen LogP contribution in [0.3, 0.4) is 0 Å². The average molecular weight is 333 g/mol. The van der Waals surface area contributed by atoms with Gasteiger partial charge in [0.1, 0.15) is 5.82 Å². The monoisotopic (exact) mass is 333 g/mol. The molecule has 2 aromatic rings. The molecule has 1 fully saturated rings. The Morgan fingerprint density at radius 2 is 1.72 bits per heavy atom. The second-order valence-electron chi connectivity index (χ2n) is 7.41. The third-order valence-corrected chi connectivity index (χ3v) is 4.50. The number of nitrogens with zero attached hydrogens (tertiary/aromatic N) is 3. The zero-order valence-corrected chi connectivity index (χ0v) is 15.2. The van der Waals surface area contributed by atoms with Crippen molar-refractivity contribution in [2.24, 2.45) is 5.41 Å². The summed E-state index contributed by atoms with van der Waals surface area (Å²) in [7, 11) is 1.86. The van der Waals surface area contributed by atoms with Crippen LogP contribution in [0.2, 0.25) is 0 Å². The standard InChI is InChI=1S/C21H23N3O/c1-21(2,3)18-15-24(20(25)23(18)4)19-13-12-17(14-22-19)11-10-16-8-6-5-7-9-16/h5-9,12-14,18H,15H2,1-4H3/t18-/m1/s1. The molecule has 0 N–H and O–H groups in total. The molecule has 128 valence electrons. The van der Waals surface area contributed by atoms with Gasteiger partial charge < -0.3 is 4.90 Å². The topological polar surface area (TPSA) is 36.4 Å². The van der Waals surface area contributed by atoms with E-state index in [-0.39, 0.29) is 17.5 Å². The molecule has 0 bridgehead atoms. The molecule has 0 spiro atoms. The predicted octanol–water partition coefficient (Wildman–Crippen LogP) is 3.77. The van der Waals surface area contributed by atoms with E-state index in [4.69, 9.17) is 0 Å². The number of rotatable bonds is 1. The summed E-state index contributed by atoms with van der Waals surface area (Å²) in [5, 5.41) is 0. The van der Waals surface area contributed by atoms with Gasteiger partial charge in [0.25, 0.3) is 0 Å². The first-order valence-electron chi connectivity index (χ1n) is 8.44. The second-order valence-corrected chi connectivity index (χ2v) is 7.41. The van der Waals surface area contributed by atoms with Gasteiger partial charge >= 0.3 is 6.03 Å². The molecule has 0 aliphatic carbocycles. The van der Waals surface area contributed by atoms with Crippen molar-refractivity contribution in [3.63, 3.8) is 0 Å². The normalized spacial score (nSPS) is 17.4. The molecule has 4 nitrogen and oxygen atoms in total. The molecule has 2 amide bonds. The van der Waals surface area contributed by atoms with Crippen molar-refractivity contribution in [3.05, 3.63) is 59.8 Å². The van der Waals surface area contributed by atoms with Crippen LogP contribution in [-0.4, -0.2) is 35.5 Å². The third-order valence-electron chi connectivity index (χ3n) is 4.50. The van der Waals surface area contributed by atoms with Gasteiger partial charge in [0.15, 0.2) is 0 Å². The van der Waals surface area contributed by atoms with Crippen LogP contribution in [0.5, 0.6) is 0 Å². The lowest BCUT2D eigenvalue weighted by atomic mass is 9.86. The first kappa shape index (κ1) is 17.0. The summed E-state index contributed by atoms with van der Waals surface area (Å²) in [6.07, 6.45) is 1.73. The Hall–Kier alpha value is -2.80. The quantitative estimate of drug-likeness (QED) is 0.745. The molecule has 1 aromatic heterocycles. The minimum absolute atomic E-state index is 0.00413. The predicted molar refractivity (Wildman–Crippen MR) is 100 cm³/mol. The van der Waals surface area contributed by atoms with Crippen molar-refractivity contribution in [2.75, 3.05) is 18.5 Å². The molecule has 1 aliphatic heterocycles. The highest BCUT2D eigenvalue weighted by molar-refractivity contribution is 5.93. The van der Waals surface area contributed by atoms with E-state index in [1.807, 2.05) is 54.4 Å². The van der Waals surface area contributed by atoms with Gasteiger partial charge in [-0.25, -0.2) is 9.78 Å². The van der Waals surface area contributed by atoms with Crippen molar-refractivity contribution < 1.29 is 4.79 Å². The fraction of sp³-hybridized carbons (Fsp3) is 0.333. The van der Waals surface area contributed by atoms with Gasteiger partial charge in [0.05, 0.1) is 12.6 Å². The second kappa shape index (κ2) is 6.60. The number of hydrogen-bond donors (Lipinski definition) is 0. The number of urea groups is 1. The molecular weight excluding hydrogens is 310 g/mol. The van der Waals surface area contributed by atoms with Crippen LogP contribution >= 0.6 is 0 Å². The van der Waals surface area contributed by atoms with Gasteiger partial charge in [-0.15, -0.1) is 0 Å². The van der Waals surface area contributed by atoms with Crippen LogP contribution in [0.25, 0.3) is 0 Å². The number of likely N-dealkylation sites (N-methyl/N-ethyl adjacent to an activating group) is 1. The fourth-order valence-corrected chi connectivity index (χ4v) is 3.03. The summed E-state index contributed by atoms with van der Waals surface area (Å²) in [6.45, 7) is 7.11. The lowest BCUT2D eigenvalue weighted by Crippen LogP contribution is -2.39. The largest absolute Gasteiger partial charge is 0.325 e. The molecule has 1 atom stereocenters. The maximum atomic E-state index is 12.5. The van der Waals surface area contributed by atoms with Gasteiger partial charge in [-0.2, -0.15) is 0 Å². The van der Waals surface area contributed by atoms with E-state index in [0.717, 1.165) is 11.1 Å². The number of benzene rings is 1. The van der Waals surface area contributed by atoms with Crippen molar-refractivity contribution in [1.82, 2.24) is 9.88 Å². The molecular formula is C21H23N3O. The summed E-state index contributed by atoms with van der Waals surface area (Å²) in [6, 6.07) is 13.8. The Labute approximate surface area is 149 Å². The zero-order valence-electron chi connectivity index (χ0n) is 15.2. The van der Waals surface area contributed by atoms with Crippen LogP contribution in [0, 0.1) is 17.3 Å². The van der Waals surface area contributed by atoms with Gasteiger partial charge in [-0.3, -0.25) is 4.90 Å². The van der Waals surface area contributed by atoms with Gasteiger partial charge in [-0.1, -0.05) is 50.8 Å². The lowest BCUT2D eigenvalue weighted by molar-refractivity contribution is 0.174. The van der Waals surface area contributed by atoms with Crippen molar-refractivity contribution in [3.8, 4) is 11.8 Å². The minimum atomic E-state index is -0.00413. The lowest BCUT2D eigenvalue weighted by Gasteiger charge is -2.30. The van der Waals surface area contributed by atoms with Gasteiger partial charge in [-0.05, 0) is 29.7 Å².